The molecule has 0 unspecified atom stereocenters. The van der Waals surface area contributed by atoms with Crippen molar-refractivity contribution in [3.63, 3.8) is 0 Å². The zero-order valence-corrected chi connectivity index (χ0v) is 6.73. The van der Waals surface area contributed by atoms with Crippen LogP contribution in [0.1, 0.15) is 26.7 Å². The Balaban J connectivity index is 2.29. The van der Waals surface area contributed by atoms with Crippen molar-refractivity contribution in [2.45, 2.75) is 32.6 Å². The van der Waals surface area contributed by atoms with E-state index in [0.29, 0.717) is 0 Å². The van der Waals surface area contributed by atoms with E-state index in [2.05, 4.69) is 0 Å². The molecule has 1 saturated carbocycles. The molecule has 0 spiro atoms. The van der Waals surface area contributed by atoms with Gasteiger partial charge in [0.05, 0.1) is 0 Å². The van der Waals surface area contributed by atoms with Gasteiger partial charge in [-0.25, -0.2) is 8.78 Å². The minimum absolute atomic E-state index is 0.0489. The second kappa shape index (κ2) is 2.54. The molecule has 1 aliphatic rings. The standard InChI is InChI=1S/C8H12F2O/c1-5(2)7(11)3-6-4-8(6,9)10/h5-6H,3-4H2,1-2H3/t6-/m0/s1. The van der Waals surface area contributed by atoms with Gasteiger partial charge >= 0.3 is 0 Å². The molecule has 1 rings (SSSR count). The Morgan fingerprint density at radius 3 is 2.36 bits per heavy atom. The Bertz CT molecular complexity index is 175. The summed E-state index contributed by atoms with van der Waals surface area (Å²) in [7, 11) is 0. The summed E-state index contributed by atoms with van der Waals surface area (Å²) >= 11 is 0. The number of carbonyl (C=O) groups excluding carboxylic acids is 1. The number of Topliss-reactive ketones (excluding diaryl/α,β-unsaturated/α-hetero) is 1. The first kappa shape index (κ1) is 8.62. The molecular formula is C8H12F2O. The van der Waals surface area contributed by atoms with Gasteiger partial charge in [-0.3, -0.25) is 4.79 Å². The average molecular weight is 162 g/mol. The summed E-state index contributed by atoms with van der Waals surface area (Å²) in [6.45, 7) is 3.48. The Hall–Kier alpha value is -0.470. The number of carbonyl (C=O) groups is 1. The van der Waals surface area contributed by atoms with Crippen LogP contribution in [0.15, 0.2) is 0 Å². The van der Waals surface area contributed by atoms with Crippen LogP contribution in [0.2, 0.25) is 0 Å². The Morgan fingerprint density at radius 2 is 2.09 bits per heavy atom. The number of alkyl halides is 2. The fraction of sp³-hybridized carbons (Fsp3) is 0.875. The van der Waals surface area contributed by atoms with E-state index in [1.54, 1.807) is 13.8 Å². The van der Waals surface area contributed by atoms with Crippen molar-refractivity contribution in [3.8, 4) is 0 Å². The maximum absolute atomic E-state index is 12.3. The van der Waals surface area contributed by atoms with E-state index in [9.17, 15) is 13.6 Å². The fourth-order valence-corrected chi connectivity index (χ4v) is 0.970. The summed E-state index contributed by atoms with van der Waals surface area (Å²) in [5.41, 5.74) is 0. The number of ketones is 1. The van der Waals surface area contributed by atoms with Gasteiger partial charge in [0.1, 0.15) is 5.78 Å². The topological polar surface area (TPSA) is 17.1 Å². The van der Waals surface area contributed by atoms with Gasteiger partial charge in [-0.05, 0) is 0 Å². The van der Waals surface area contributed by atoms with Crippen molar-refractivity contribution < 1.29 is 13.6 Å². The predicted molar refractivity (Wildman–Crippen MR) is 37.5 cm³/mol. The molecule has 0 N–H and O–H groups in total. The van der Waals surface area contributed by atoms with Crippen LogP contribution in [-0.2, 0) is 4.79 Å². The average Bonchev–Trinajstić information content (AvgIpc) is 2.39. The maximum atomic E-state index is 12.3. The van der Waals surface area contributed by atoms with Crippen LogP contribution in [0.25, 0.3) is 0 Å². The zero-order chi connectivity index (χ0) is 8.65. The van der Waals surface area contributed by atoms with Crippen LogP contribution in [-0.4, -0.2) is 11.7 Å². The van der Waals surface area contributed by atoms with Gasteiger partial charge in [-0.15, -0.1) is 0 Å². The van der Waals surface area contributed by atoms with E-state index in [4.69, 9.17) is 0 Å². The van der Waals surface area contributed by atoms with Gasteiger partial charge in [-0.2, -0.15) is 0 Å². The minimum atomic E-state index is -2.54. The smallest absolute Gasteiger partial charge is 0.252 e. The van der Waals surface area contributed by atoms with Crippen LogP contribution in [0.3, 0.4) is 0 Å². The molecule has 0 amide bonds. The van der Waals surface area contributed by atoms with Crippen LogP contribution in [0.4, 0.5) is 8.78 Å². The molecule has 11 heavy (non-hydrogen) atoms. The molecule has 64 valence electrons. The van der Waals surface area contributed by atoms with Gasteiger partial charge in [0.15, 0.2) is 0 Å². The molecule has 1 fully saturated rings. The molecule has 1 aliphatic carbocycles. The lowest BCUT2D eigenvalue weighted by Gasteiger charge is -2.01. The van der Waals surface area contributed by atoms with Crippen molar-refractivity contribution >= 4 is 5.78 Å². The lowest BCUT2D eigenvalue weighted by Crippen LogP contribution is -2.09. The molecule has 0 aliphatic heterocycles. The molecule has 1 atom stereocenters. The second-order valence-corrected chi connectivity index (χ2v) is 3.49. The van der Waals surface area contributed by atoms with Gasteiger partial charge in [0.2, 0.25) is 0 Å². The van der Waals surface area contributed by atoms with Crippen molar-refractivity contribution in [1.82, 2.24) is 0 Å². The summed E-state index contributed by atoms with van der Waals surface area (Å²) in [4.78, 5) is 10.9. The molecule has 0 bridgehead atoms. The molecule has 0 saturated heterocycles. The highest BCUT2D eigenvalue weighted by Gasteiger charge is 2.57. The van der Waals surface area contributed by atoms with Gasteiger partial charge in [0, 0.05) is 24.7 Å². The highest BCUT2D eigenvalue weighted by molar-refractivity contribution is 5.80. The summed E-state index contributed by atoms with van der Waals surface area (Å²) in [6.07, 6.45) is -0.0316. The quantitative estimate of drug-likeness (QED) is 0.622. The zero-order valence-electron chi connectivity index (χ0n) is 6.73. The monoisotopic (exact) mass is 162 g/mol. The first-order valence-electron chi connectivity index (χ1n) is 3.84. The normalized spacial score (nSPS) is 27.2. The molecule has 0 radical (unpaired) electrons. The van der Waals surface area contributed by atoms with Crippen molar-refractivity contribution in [3.05, 3.63) is 0 Å². The summed E-state index contributed by atoms with van der Waals surface area (Å²) in [6, 6.07) is 0. The van der Waals surface area contributed by atoms with E-state index in [1.165, 1.54) is 0 Å². The van der Waals surface area contributed by atoms with Crippen LogP contribution in [0.5, 0.6) is 0 Å². The van der Waals surface area contributed by atoms with Gasteiger partial charge in [0.25, 0.3) is 5.92 Å². The van der Waals surface area contributed by atoms with E-state index in [1.807, 2.05) is 0 Å². The molecule has 0 aromatic carbocycles. The van der Waals surface area contributed by atoms with E-state index in [-0.39, 0.29) is 24.5 Å². The minimum Gasteiger partial charge on any atom is -0.299 e. The number of rotatable bonds is 3. The third-order valence-electron chi connectivity index (χ3n) is 2.05. The van der Waals surface area contributed by atoms with Crippen molar-refractivity contribution in [1.29, 1.82) is 0 Å². The number of hydrogen-bond donors (Lipinski definition) is 0. The Labute approximate surface area is 64.8 Å². The number of hydrogen-bond acceptors (Lipinski definition) is 1. The molecule has 1 nitrogen and oxygen atoms in total. The first-order chi connectivity index (χ1) is 4.93. The summed E-state index contributed by atoms with van der Waals surface area (Å²) in [5.74, 6) is -3.35. The second-order valence-electron chi connectivity index (χ2n) is 3.49. The van der Waals surface area contributed by atoms with Crippen LogP contribution in [0, 0.1) is 11.8 Å². The summed E-state index contributed by atoms with van der Waals surface area (Å²) in [5, 5.41) is 0. The molecule has 0 aromatic rings. The first-order valence-corrected chi connectivity index (χ1v) is 3.84. The van der Waals surface area contributed by atoms with E-state index >= 15 is 0 Å². The van der Waals surface area contributed by atoms with E-state index < -0.39 is 11.8 Å². The lowest BCUT2D eigenvalue weighted by atomic mass is 10.0. The van der Waals surface area contributed by atoms with Gasteiger partial charge < -0.3 is 0 Å². The largest absolute Gasteiger partial charge is 0.299 e. The Morgan fingerprint density at radius 1 is 1.64 bits per heavy atom. The molecular weight excluding hydrogens is 150 g/mol. The van der Waals surface area contributed by atoms with Crippen molar-refractivity contribution in [2.75, 3.05) is 0 Å². The van der Waals surface area contributed by atoms with Crippen molar-refractivity contribution in [2.24, 2.45) is 11.8 Å². The Kier molecular flexibility index (Phi) is 1.99. The van der Waals surface area contributed by atoms with Crippen LogP contribution < -0.4 is 0 Å². The third kappa shape index (κ3) is 1.98. The SMILES string of the molecule is CC(C)C(=O)C[C@H]1CC1(F)F. The molecule has 3 heteroatoms. The van der Waals surface area contributed by atoms with Crippen LogP contribution >= 0.6 is 0 Å². The lowest BCUT2D eigenvalue weighted by molar-refractivity contribution is -0.122. The molecule has 0 heterocycles. The highest BCUT2D eigenvalue weighted by atomic mass is 19.3. The third-order valence-corrected chi connectivity index (χ3v) is 2.05. The number of halogens is 2. The predicted octanol–water partition coefficient (Wildman–Crippen LogP) is 2.26. The molecule has 0 aromatic heterocycles. The maximum Gasteiger partial charge on any atom is 0.252 e. The van der Waals surface area contributed by atoms with Gasteiger partial charge in [-0.1, -0.05) is 13.8 Å². The highest BCUT2D eigenvalue weighted by Crippen LogP contribution is 2.50. The fourth-order valence-electron chi connectivity index (χ4n) is 0.970. The van der Waals surface area contributed by atoms with E-state index in [0.717, 1.165) is 0 Å². The summed E-state index contributed by atoms with van der Waals surface area (Å²) < 4.78 is 24.5.